The number of nitrogens with one attached hydrogen (secondary N) is 3. The fourth-order valence-corrected chi connectivity index (χ4v) is 2.58. The second-order valence-electron chi connectivity index (χ2n) is 6.82. The number of hydrogen-bond acceptors (Lipinski definition) is 6. The molecule has 0 unspecified atom stereocenters. The molecule has 0 saturated carbocycles. The number of benzene rings is 1. The van der Waals surface area contributed by atoms with Gasteiger partial charge in [-0.05, 0) is 31.2 Å². The number of alkyl carbamates (subject to hydrolysis) is 1. The minimum absolute atomic E-state index is 0.0381. The van der Waals surface area contributed by atoms with Gasteiger partial charge in [-0.3, -0.25) is 4.79 Å². The maximum atomic E-state index is 11.9. The Balaban J connectivity index is 2.31. The van der Waals surface area contributed by atoms with E-state index in [1.165, 1.54) is 0 Å². The highest BCUT2D eigenvalue weighted by Crippen LogP contribution is 2.04. The predicted molar refractivity (Wildman–Crippen MR) is 110 cm³/mol. The van der Waals surface area contributed by atoms with Crippen LogP contribution in [0, 0.1) is 0 Å². The van der Waals surface area contributed by atoms with Gasteiger partial charge < -0.3 is 36.0 Å². The third-order valence-electron chi connectivity index (χ3n) is 4.26. The van der Waals surface area contributed by atoms with Crippen LogP contribution in [0.25, 0.3) is 0 Å². The molecule has 0 heterocycles. The molecule has 6 N–H and O–H groups in total. The third kappa shape index (κ3) is 11.4. The van der Waals surface area contributed by atoms with Crippen LogP contribution < -0.4 is 16.0 Å². The Bertz CT molecular complexity index is 786. The van der Waals surface area contributed by atoms with Crippen LogP contribution in [0.1, 0.15) is 37.7 Å². The van der Waals surface area contributed by atoms with Gasteiger partial charge in [-0.1, -0.05) is 30.3 Å². The molecule has 0 aromatic heterocycles. The van der Waals surface area contributed by atoms with E-state index in [0.29, 0.717) is 12.8 Å². The largest absolute Gasteiger partial charge is 0.481 e. The molecular weight excluding hydrogens is 426 g/mol. The molecule has 0 saturated heterocycles. The molecule has 0 radical (unpaired) electrons. The number of carboxylic acids is 3. The zero-order valence-electron chi connectivity index (χ0n) is 17.3. The zero-order valence-corrected chi connectivity index (χ0v) is 17.3. The number of rotatable bonds is 14. The molecule has 0 spiro atoms. The minimum Gasteiger partial charge on any atom is -0.481 e. The normalized spacial score (nSPS) is 12.1. The first-order valence-corrected chi connectivity index (χ1v) is 9.88. The lowest BCUT2D eigenvalue weighted by Crippen LogP contribution is -2.51. The highest BCUT2D eigenvalue weighted by molar-refractivity contribution is 5.86. The number of carbonyl (C=O) groups excluding carboxylic acids is 2. The molecule has 1 rings (SSSR count). The van der Waals surface area contributed by atoms with E-state index in [-0.39, 0.29) is 26.0 Å². The molecule has 0 fully saturated rings. The van der Waals surface area contributed by atoms with Gasteiger partial charge in [0.25, 0.3) is 0 Å². The van der Waals surface area contributed by atoms with Crippen molar-refractivity contribution in [3.8, 4) is 0 Å². The highest BCUT2D eigenvalue weighted by Gasteiger charge is 2.24. The van der Waals surface area contributed by atoms with Crippen molar-refractivity contribution >= 4 is 30.0 Å². The van der Waals surface area contributed by atoms with Crippen molar-refractivity contribution in [2.24, 2.45) is 0 Å². The summed E-state index contributed by atoms with van der Waals surface area (Å²) in [6, 6.07) is 5.33. The van der Waals surface area contributed by atoms with E-state index < -0.39 is 48.5 Å². The summed E-state index contributed by atoms with van der Waals surface area (Å²) < 4.78 is 5.04. The molecule has 1 aromatic carbocycles. The van der Waals surface area contributed by atoms with Gasteiger partial charge in [0.1, 0.15) is 18.7 Å². The van der Waals surface area contributed by atoms with Gasteiger partial charge in [0, 0.05) is 13.0 Å². The summed E-state index contributed by atoms with van der Waals surface area (Å²) in [5, 5.41) is 33.6. The molecule has 3 amide bonds. The summed E-state index contributed by atoms with van der Waals surface area (Å²) >= 11 is 0. The van der Waals surface area contributed by atoms with Gasteiger partial charge in [0.05, 0.1) is 0 Å². The second-order valence-corrected chi connectivity index (χ2v) is 6.82. The number of ether oxygens (including phenoxy) is 1. The molecule has 0 aliphatic rings. The van der Waals surface area contributed by atoms with E-state index in [9.17, 15) is 29.1 Å². The van der Waals surface area contributed by atoms with Crippen LogP contribution in [0.5, 0.6) is 0 Å². The van der Waals surface area contributed by atoms with Crippen LogP contribution in [0.15, 0.2) is 30.3 Å². The average Bonchev–Trinajstić information content (AvgIpc) is 2.74. The number of carboxylic acid groups (broad SMARTS) is 3. The van der Waals surface area contributed by atoms with Gasteiger partial charge in [-0.15, -0.1) is 0 Å². The van der Waals surface area contributed by atoms with Crippen LogP contribution in [-0.4, -0.2) is 64.0 Å². The maximum absolute atomic E-state index is 11.9. The van der Waals surface area contributed by atoms with E-state index in [2.05, 4.69) is 16.0 Å². The summed E-state index contributed by atoms with van der Waals surface area (Å²) in [7, 11) is 0. The lowest BCUT2D eigenvalue weighted by Gasteiger charge is -2.18. The minimum atomic E-state index is -1.47. The Morgan fingerprint density at radius 1 is 0.844 bits per heavy atom. The molecule has 0 aliphatic carbocycles. The first kappa shape index (κ1) is 26.2. The maximum Gasteiger partial charge on any atom is 0.407 e. The summed E-state index contributed by atoms with van der Waals surface area (Å²) in [5.41, 5.74) is 0.837. The lowest BCUT2D eigenvalue weighted by atomic mass is 10.1. The van der Waals surface area contributed by atoms with Crippen molar-refractivity contribution in [3.05, 3.63) is 35.9 Å². The highest BCUT2D eigenvalue weighted by atomic mass is 16.5. The standard InChI is InChI=1S/C20H27N3O9/c24-16(25)10-9-15(18(28)29)23-19(30)22-14(17(26)27)8-4-5-11-21-20(31)32-12-13-6-2-1-3-7-13/h1-3,6-7,14-15H,4-5,8-12H2,(H,21,31)(H,24,25)(H,26,27)(H,28,29)(H2,22,23,30)/t14-,15+/m0/s1. The molecule has 176 valence electrons. The Morgan fingerprint density at radius 2 is 1.44 bits per heavy atom. The van der Waals surface area contributed by atoms with Crippen molar-refractivity contribution < 1.29 is 44.0 Å². The number of carbonyl (C=O) groups is 5. The van der Waals surface area contributed by atoms with Gasteiger partial charge in [0.2, 0.25) is 0 Å². The molecular formula is C20H27N3O9. The monoisotopic (exact) mass is 453 g/mol. The lowest BCUT2D eigenvalue weighted by molar-refractivity contribution is -0.140. The van der Waals surface area contributed by atoms with E-state index in [1.54, 1.807) is 0 Å². The quantitative estimate of drug-likeness (QED) is 0.224. The molecule has 2 atom stereocenters. The number of hydrogen-bond donors (Lipinski definition) is 6. The molecule has 12 nitrogen and oxygen atoms in total. The number of urea groups is 1. The first-order chi connectivity index (χ1) is 15.2. The van der Waals surface area contributed by atoms with Crippen LogP contribution in [0.3, 0.4) is 0 Å². The molecule has 1 aromatic rings. The third-order valence-corrected chi connectivity index (χ3v) is 4.26. The van der Waals surface area contributed by atoms with Crippen LogP contribution in [-0.2, 0) is 25.7 Å². The number of amides is 3. The summed E-state index contributed by atoms with van der Waals surface area (Å²) in [5.74, 6) is -3.97. The fourth-order valence-electron chi connectivity index (χ4n) is 2.58. The Kier molecular flexibility index (Phi) is 11.6. The number of unbranched alkanes of at least 4 members (excludes halogenated alkanes) is 1. The molecule has 12 heteroatoms. The van der Waals surface area contributed by atoms with Crippen molar-refractivity contribution in [1.82, 2.24) is 16.0 Å². The van der Waals surface area contributed by atoms with Crippen molar-refractivity contribution in [2.45, 2.75) is 50.8 Å². The Morgan fingerprint density at radius 3 is 2.00 bits per heavy atom. The second kappa shape index (κ2) is 14.2. The van der Waals surface area contributed by atoms with Crippen molar-refractivity contribution in [2.75, 3.05) is 6.54 Å². The molecule has 0 bridgehead atoms. The van der Waals surface area contributed by atoms with E-state index in [0.717, 1.165) is 5.56 Å². The number of aliphatic carboxylic acids is 3. The van der Waals surface area contributed by atoms with Gasteiger partial charge in [0.15, 0.2) is 0 Å². The zero-order chi connectivity index (χ0) is 23.9. The Labute approximate surface area is 183 Å². The van der Waals surface area contributed by atoms with E-state index >= 15 is 0 Å². The fraction of sp³-hybridized carbons (Fsp3) is 0.450. The SMILES string of the molecule is O=C(O)CC[C@@H](NC(=O)N[C@@H](CCCCNC(=O)OCc1ccccc1)C(=O)O)C(=O)O. The van der Waals surface area contributed by atoms with Crippen LogP contribution in [0.4, 0.5) is 9.59 Å². The smallest absolute Gasteiger partial charge is 0.407 e. The van der Waals surface area contributed by atoms with Gasteiger partial charge in [-0.25, -0.2) is 19.2 Å². The first-order valence-electron chi connectivity index (χ1n) is 9.88. The van der Waals surface area contributed by atoms with E-state index in [4.69, 9.17) is 14.9 Å². The topological polar surface area (TPSA) is 191 Å². The van der Waals surface area contributed by atoms with Gasteiger partial charge in [-0.2, -0.15) is 0 Å². The molecule has 32 heavy (non-hydrogen) atoms. The van der Waals surface area contributed by atoms with Crippen LogP contribution >= 0.6 is 0 Å². The van der Waals surface area contributed by atoms with Crippen molar-refractivity contribution in [1.29, 1.82) is 0 Å². The molecule has 0 aliphatic heterocycles. The van der Waals surface area contributed by atoms with E-state index in [1.807, 2.05) is 30.3 Å². The van der Waals surface area contributed by atoms with Gasteiger partial charge >= 0.3 is 30.0 Å². The predicted octanol–water partition coefficient (Wildman–Crippen LogP) is 1.15. The average molecular weight is 453 g/mol. The van der Waals surface area contributed by atoms with Crippen LogP contribution in [0.2, 0.25) is 0 Å². The summed E-state index contributed by atoms with van der Waals surface area (Å²) in [6.45, 7) is 0.360. The summed E-state index contributed by atoms with van der Waals surface area (Å²) in [4.78, 5) is 56.6. The van der Waals surface area contributed by atoms with Crippen molar-refractivity contribution in [3.63, 3.8) is 0 Å². The Hall–Kier alpha value is -3.83. The summed E-state index contributed by atoms with van der Waals surface area (Å²) in [6.07, 6.45) is -0.623.